The third-order valence-corrected chi connectivity index (χ3v) is 2.95. The van der Waals surface area contributed by atoms with Gasteiger partial charge < -0.3 is 14.6 Å². The van der Waals surface area contributed by atoms with Crippen LogP contribution in [-0.2, 0) is 11.2 Å². The van der Waals surface area contributed by atoms with Gasteiger partial charge in [0.15, 0.2) is 0 Å². The zero-order valence-corrected chi connectivity index (χ0v) is 11.1. The molecule has 0 spiro atoms. The molecular formula is C14H22O3. The molecule has 0 radical (unpaired) electrons. The molecule has 0 fully saturated rings. The van der Waals surface area contributed by atoms with Gasteiger partial charge >= 0.3 is 0 Å². The summed E-state index contributed by atoms with van der Waals surface area (Å²) < 4.78 is 10.4. The number of aliphatic hydroxyl groups is 1. The predicted molar refractivity (Wildman–Crippen MR) is 68.5 cm³/mol. The van der Waals surface area contributed by atoms with E-state index in [4.69, 9.17) is 9.47 Å². The molecule has 0 aromatic heterocycles. The van der Waals surface area contributed by atoms with Crippen LogP contribution in [0.25, 0.3) is 0 Å². The molecule has 0 heterocycles. The molecule has 0 saturated heterocycles. The molecule has 1 N–H and O–H groups in total. The Morgan fingerprint density at radius 1 is 1.29 bits per heavy atom. The van der Waals surface area contributed by atoms with E-state index < -0.39 is 6.10 Å². The molecule has 0 aliphatic heterocycles. The summed E-state index contributed by atoms with van der Waals surface area (Å²) in [5, 5.41) is 10.1. The second-order valence-corrected chi connectivity index (χ2v) is 4.52. The van der Waals surface area contributed by atoms with Gasteiger partial charge in [0.2, 0.25) is 0 Å². The molecule has 1 rings (SSSR count). The first-order chi connectivity index (χ1) is 8.08. The van der Waals surface area contributed by atoms with Crippen LogP contribution in [0.5, 0.6) is 5.75 Å². The van der Waals surface area contributed by atoms with Gasteiger partial charge in [-0.25, -0.2) is 0 Å². The van der Waals surface area contributed by atoms with Crippen LogP contribution in [0.2, 0.25) is 0 Å². The minimum absolute atomic E-state index is 0.116. The number of rotatable bonds is 6. The molecule has 96 valence electrons. The van der Waals surface area contributed by atoms with Crippen molar-refractivity contribution in [3.63, 3.8) is 0 Å². The summed E-state index contributed by atoms with van der Waals surface area (Å²) >= 11 is 0. The molecule has 3 nitrogen and oxygen atoms in total. The highest BCUT2D eigenvalue weighted by molar-refractivity contribution is 5.37. The van der Waals surface area contributed by atoms with Crippen molar-refractivity contribution in [3.8, 4) is 5.75 Å². The Bertz CT molecular complexity index is 349. The zero-order chi connectivity index (χ0) is 12.8. The van der Waals surface area contributed by atoms with Gasteiger partial charge in [0, 0.05) is 19.4 Å². The van der Waals surface area contributed by atoms with Crippen molar-refractivity contribution in [3.05, 3.63) is 29.3 Å². The van der Waals surface area contributed by atoms with E-state index in [0.29, 0.717) is 13.0 Å². The van der Waals surface area contributed by atoms with Gasteiger partial charge in [-0.1, -0.05) is 24.6 Å². The van der Waals surface area contributed by atoms with Gasteiger partial charge in [0.1, 0.15) is 5.75 Å². The van der Waals surface area contributed by atoms with Crippen molar-refractivity contribution in [2.24, 2.45) is 5.92 Å². The van der Waals surface area contributed by atoms with Crippen LogP contribution < -0.4 is 4.74 Å². The lowest BCUT2D eigenvalue weighted by Gasteiger charge is -2.19. The van der Waals surface area contributed by atoms with Crippen molar-refractivity contribution in [1.82, 2.24) is 0 Å². The minimum atomic E-state index is -0.411. The maximum absolute atomic E-state index is 10.1. The molecular weight excluding hydrogens is 216 g/mol. The lowest BCUT2D eigenvalue weighted by Crippen LogP contribution is -2.24. The van der Waals surface area contributed by atoms with Gasteiger partial charge in [-0.2, -0.15) is 0 Å². The van der Waals surface area contributed by atoms with Crippen LogP contribution in [0.3, 0.4) is 0 Å². The monoisotopic (exact) mass is 238 g/mol. The molecule has 0 bridgehead atoms. The van der Waals surface area contributed by atoms with E-state index >= 15 is 0 Å². The van der Waals surface area contributed by atoms with E-state index in [1.54, 1.807) is 14.2 Å². The van der Waals surface area contributed by atoms with Crippen molar-refractivity contribution < 1.29 is 14.6 Å². The Morgan fingerprint density at radius 2 is 2.00 bits per heavy atom. The van der Waals surface area contributed by atoms with Gasteiger partial charge in [0.25, 0.3) is 0 Å². The third-order valence-electron chi connectivity index (χ3n) is 2.95. The number of hydrogen-bond acceptors (Lipinski definition) is 3. The fraction of sp³-hybridized carbons (Fsp3) is 0.571. The van der Waals surface area contributed by atoms with E-state index in [9.17, 15) is 5.11 Å². The summed E-state index contributed by atoms with van der Waals surface area (Å²) in [4.78, 5) is 0. The van der Waals surface area contributed by atoms with Crippen molar-refractivity contribution in [2.75, 3.05) is 20.8 Å². The fourth-order valence-electron chi connectivity index (χ4n) is 1.87. The van der Waals surface area contributed by atoms with E-state index in [-0.39, 0.29) is 5.92 Å². The highest BCUT2D eigenvalue weighted by Gasteiger charge is 2.16. The SMILES string of the molecule is COCC(C)C(O)Cc1cc(C)ccc1OC. The Morgan fingerprint density at radius 3 is 2.59 bits per heavy atom. The molecule has 2 unspecified atom stereocenters. The highest BCUT2D eigenvalue weighted by atomic mass is 16.5. The average molecular weight is 238 g/mol. The smallest absolute Gasteiger partial charge is 0.122 e. The maximum atomic E-state index is 10.1. The quantitative estimate of drug-likeness (QED) is 0.825. The Hall–Kier alpha value is -1.06. The minimum Gasteiger partial charge on any atom is -0.496 e. The van der Waals surface area contributed by atoms with E-state index in [2.05, 4.69) is 6.07 Å². The number of aliphatic hydroxyl groups excluding tert-OH is 1. The molecule has 0 aliphatic rings. The lowest BCUT2D eigenvalue weighted by molar-refractivity contribution is 0.0571. The second-order valence-electron chi connectivity index (χ2n) is 4.52. The second kappa shape index (κ2) is 6.62. The average Bonchev–Trinajstić information content (AvgIpc) is 2.29. The molecule has 3 heteroatoms. The van der Waals surface area contributed by atoms with Crippen molar-refractivity contribution >= 4 is 0 Å². The summed E-state index contributed by atoms with van der Waals surface area (Å²) in [7, 11) is 3.30. The topological polar surface area (TPSA) is 38.7 Å². The largest absolute Gasteiger partial charge is 0.496 e. The molecule has 0 amide bonds. The number of methoxy groups -OCH3 is 2. The number of hydrogen-bond donors (Lipinski definition) is 1. The lowest BCUT2D eigenvalue weighted by atomic mass is 9.97. The third kappa shape index (κ3) is 4.02. The summed E-state index contributed by atoms with van der Waals surface area (Å²) in [5.74, 6) is 0.949. The molecule has 0 aliphatic carbocycles. The summed E-state index contributed by atoms with van der Waals surface area (Å²) in [6.07, 6.45) is 0.181. The zero-order valence-electron chi connectivity index (χ0n) is 11.1. The first-order valence-corrected chi connectivity index (χ1v) is 5.89. The Labute approximate surface area is 103 Å². The number of aryl methyl sites for hydroxylation is 1. The number of ether oxygens (including phenoxy) is 2. The highest BCUT2D eigenvalue weighted by Crippen LogP contribution is 2.22. The normalized spacial score (nSPS) is 14.4. The van der Waals surface area contributed by atoms with Crippen molar-refractivity contribution in [1.29, 1.82) is 0 Å². The van der Waals surface area contributed by atoms with Gasteiger partial charge in [-0.15, -0.1) is 0 Å². The predicted octanol–water partition coefficient (Wildman–Crippen LogP) is 2.19. The van der Waals surface area contributed by atoms with Crippen molar-refractivity contribution in [2.45, 2.75) is 26.4 Å². The maximum Gasteiger partial charge on any atom is 0.122 e. The van der Waals surface area contributed by atoms with Crippen LogP contribution in [0.15, 0.2) is 18.2 Å². The van der Waals surface area contributed by atoms with E-state index in [0.717, 1.165) is 11.3 Å². The van der Waals surface area contributed by atoms with Crippen LogP contribution in [0, 0.1) is 12.8 Å². The fourth-order valence-corrected chi connectivity index (χ4v) is 1.87. The standard InChI is InChI=1S/C14H22O3/c1-10-5-6-14(17-4)12(7-10)8-13(15)11(2)9-16-3/h5-7,11,13,15H,8-9H2,1-4H3. The van der Waals surface area contributed by atoms with Crippen LogP contribution in [0.4, 0.5) is 0 Å². The van der Waals surface area contributed by atoms with Crippen LogP contribution in [0.1, 0.15) is 18.1 Å². The Kier molecular flexibility index (Phi) is 5.45. The summed E-state index contributed by atoms with van der Waals surface area (Å²) in [6.45, 7) is 4.58. The first kappa shape index (κ1) is 14.0. The van der Waals surface area contributed by atoms with Gasteiger partial charge in [-0.05, 0) is 18.6 Å². The van der Waals surface area contributed by atoms with E-state index in [1.807, 2.05) is 26.0 Å². The molecule has 0 saturated carbocycles. The molecule has 2 atom stereocenters. The van der Waals surface area contributed by atoms with Gasteiger partial charge in [0.05, 0.1) is 19.8 Å². The summed E-state index contributed by atoms with van der Waals surface area (Å²) in [6, 6.07) is 6.01. The first-order valence-electron chi connectivity index (χ1n) is 5.89. The van der Waals surface area contributed by atoms with Crippen LogP contribution in [-0.4, -0.2) is 32.0 Å². The molecule has 1 aromatic rings. The summed E-state index contributed by atoms with van der Waals surface area (Å²) in [5.41, 5.74) is 2.22. The Balaban J connectivity index is 2.76. The molecule has 17 heavy (non-hydrogen) atoms. The van der Waals surface area contributed by atoms with Gasteiger partial charge in [-0.3, -0.25) is 0 Å². The van der Waals surface area contributed by atoms with Crippen LogP contribution >= 0.6 is 0 Å². The number of benzene rings is 1. The molecule has 1 aromatic carbocycles. The van der Waals surface area contributed by atoms with E-state index in [1.165, 1.54) is 5.56 Å².